The second-order valence-electron chi connectivity index (χ2n) is 4.90. The second kappa shape index (κ2) is 4.94. The van der Waals surface area contributed by atoms with Crippen molar-refractivity contribution >= 4 is 0 Å². The minimum absolute atomic E-state index is 0.156. The van der Waals surface area contributed by atoms with E-state index < -0.39 is 0 Å². The van der Waals surface area contributed by atoms with E-state index in [-0.39, 0.29) is 11.1 Å². The Morgan fingerprint density at radius 3 is 1.77 bits per heavy atom. The number of nitrogens with one attached hydrogen (secondary N) is 3. The van der Waals surface area contributed by atoms with Gasteiger partial charge in [0.05, 0.1) is 0 Å². The van der Waals surface area contributed by atoms with Crippen LogP contribution in [-0.4, -0.2) is 38.3 Å². The Labute approximate surface area is 82.7 Å². The lowest BCUT2D eigenvalue weighted by Crippen LogP contribution is -2.54. The van der Waals surface area contributed by atoms with Gasteiger partial charge in [0.2, 0.25) is 0 Å². The average Bonchev–Trinajstić information content (AvgIpc) is 2.02. The molecule has 0 rings (SSSR count). The summed E-state index contributed by atoms with van der Waals surface area (Å²) < 4.78 is 0. The first kappa shape index (κ1) is 12.9. The highest BCUT2D eigenvalue weighted by Crippen LogP contribution is 2.04. The van der Waals surface area contributed by atoms with Gasteiger partial charge in [0.1, 0.15) is 0 Å². The van der Waals surface area contributed by atoms with Crippen LogP contribution in [0.3, 0.4) is 0 Å². The number of hydrogen-bond acceptors (Lipinski definition) is 3. The van der Waals surface area contributed by atoms with Gasteiger partial charge >= 0.3 is 0 Å². The largest absolute Gasteiger partial charge is 0.318 e. The molecule has 0 atom stereocenters. The van der Waals surface area contributed by atoms with E-state index in [1.165, 1.54) is 0 Å². The smallest absolute Gasteiger partial charge is 0.0250 e. The lowest BCUT2D eigenvalue weighted by Gasteiger charge is -2.32. The molecule has 0 aliphatic rings. The number of likely N-dealkylation sites (N-methyl/N-ethyl adjacent to an activating group) is 2. The molecule has 3 heteroatoms. The quantitative estimate of drug-likeness (QED) is 0.569. The Hall–Kier alpha value is -0.120. The number of rotatable bonds is 6. The Kier molecular flexibility index (Phi) is 4.89. The fourth-order valence-electron chi connectivity index (χ4n) is 1.05. The van der Waals surface area contributed by atoms with Crippen molar-refractivity contribution in [3.8, 4) is 0 Å². The van der Waals surface area contributed by atoms with Gasteiger partial charge in [-0.1, -0.05) is 0 Å². The van der Waals surface area contributed by atoms with Crippen LogP contribution in [0.1, 0.15) is 27.7 Å². The summed E-state index contributed by atoms with van der Waals surface area (Å²) in [7, 11) is 3.97. The summed E-state index contributed by atoms with van der Waals surface area (Å²) >= 11 is 0. The van der Waals surface area contributed by atoms with E-state index in [9.17, 15) is 0 Å². The molecule has 3 nitrogen and oxygen atoms in total. The van der Waals surface area contributed by atoms with Crippen LogP contribution in [0.4, 0.5) is 0 Å². The highest BCUT2D eigenvalue weighted by atomic mass is 15.1. The van der Waals surface area contributed by atoms with Gasteiger partial charge in [-0.05, 0) is 41.8 Å². The van der Waals surface area contributed by atoms with Crippen LogP contribution in [-0.2, 0) is 0 Å². The third-order valence-corrected chi connectivity index (χ3v) is 2.30. The van der Waals surface area contributed by atoms with Gasteiger partial charge in [-0.2, -0.15) is 0 Å². The minimum atomic E-state index is 0.156. The highest BCUT2D eigenvalue weighted by Gasteiger charge is 2.21. The molecular weight excluding hydrogens is 162 g/mol. The van der Waals surface area contributed by atoms with Gasteiger partial charge in [-0.25, -0.2) is 0 Å². The van der Waals surface area contributed by atoms with E-state index >= 15 is 0 Å². The predicted molar refractivity (Wildman–Crippen MR) is 59.1 cm³/mol. The molecule has 0 saturated carbocycles. The van der Waals surface area contributed by atoms with Crippen molar-refractivity contribution < 1.29 is 0 Å². The van der Waals surface area contributed by atoms with E-state index in [1.807, 2.05) is 14.1 Å². The van der Waals surface area contributed by atoms with Crippen LogP contribution >= 0.6 is 0 Å². The summed E-state index contributed by atoms with van der Waals surface area (Å²) in [4.78, 5) is 0. The van der Waals surface area contributed by atoms with Crippen LogP contribution in [0.25, 0.3) is 0 Å². The molecule has 0 aromatic carbocycles. The molecule has 0 aliphatic carbocycles. The van der Waals surface area contributed by atoms with Crippen molar-refractivity contribution in [3.63, 3.8) is 0 Å². The SMILES string of the molecule is CNCC(C)(C)NCC(C)(C)NC. The van der Waals surface area contributed by atoms with E-state index in [4.69, 9.17) is 0 Å². The van der Waals surface area contributed by atoms with Crippen LogP contribution in [0.5, 0.6) is 0 Å². The van der Waals surface area contributed by atoms with Crippen molar-refractivity contribution in [1.82, 2.24) is 16.0 Å². The van der Waals surface area contributed by atoms with Crippen molar-refractivity contribution in [1.29, 1.82) is 0 Å². The fourth-order valence-corrected chi connectivity index (χ4v) is 1.05. The lowest BCUT2D eigenvalue weighted by atomic mass is 10.0. The Morgan fingerprint density at radius 1 is 0.846 bits per heavy atom. The Bertz CT molecular complexity index is 141. The zero-order valence-electron chi connectivity index (χ0n) is 9.91. The third kappa shape index (κ3) is 6.02. The molecule has 0 heterocycles. The molecule has 0 radical (unpaired) electrons. The van der Waals surface area contributed by atoms with Gasteiger partial charge < -0.3 is 16.0 Å². The molecule has 0 saturated heterocycles. The average molecular weight is 187 g/mol. The standard InChI is InChI=1S/C10H25N3/c1-9(2,12-6)8-13-10(3,4)7-11-5/h11-13H,7-8H2,1-6H3. The lowest BCUT2D eigenvalue weighted by molar-refractivity contribution is 0.308. The third-order valence-electron chi connectivity index (χ3n) is 2.30. The monoisotopic (exact) mass is 187 g/mol. The zero-order chi connectivity index (χ0) is 10.5. The van der Waals surface area contributed by atoms with Gasteiger partial charge in [0.25, 0.3) is 0 Å². The van der Waals surface area contributed by atoms with E-state index in [0.717, 1.165) is 13.1 Å². The van der Waals surface area contributed by atoms with Gasteiger partial charge in [0, 0.05) is 24.2 Å². The molecular formula is C10H25N3. The minimum Gasteiger partial charge on any atom is -0.318 e. The fraction of sp³-hybridized carbons (Fsp3) is 1.00. The maximum absolute atomic E-state index is 3.53. The van der Waals surface area contributed by atoms with Gasteiger partial charge in [0.15, 0.2) is 0 Å². The molecule has 0 aromatic heterocycles. The molecule has 0 aromatic rings. The van der Waals surface area contributed by atoms with Crippen molar-refractivity contribution in [2.75, 3.05) is 27.2 Å². The van der Waals surface area contributed by atoms with Crippen LogP contribution in [0.2, 0.25) is 0 Å². The van der Waals surface area contributed by atoms with E-state index in [0.29, 0.717) is 0 Å². The molecule has 3 N–H and O–H groups in total. The van der Waals surface area contributed by atoms with Gasteiger partial charge in [-0.15, -0.1) is 0 Å². The zero-order valence-corrected chi connectivity index (χ0v) is 9.91. The second-order valence-corrected chi connectivity index (χ2v) is 4.90. The summed E-state index contributed by atoms with van der Waals surface area (Å²) in [6.07, 6.45) is 0. The normalized spacial score (nSPS) is 13.4. The maximum atomic E-state index is 3.53. The molecule has 0 amide bonds. The molecule has 0 fully saturated rings. The van der Waals surface area contributed by atoms with Crippen molar-refractivity contribution in [2.45, 2.75) is 38.8 Å². The molecule has 0 aliphatic heterocycles. The maximum Gasteiger partial charge on any atom is 0.0250 e. The molecule has 0 bridgehead atoms. The van der Waals surface area contributed by atoms with Gasteiger partial charge in [-0.3, -0.25) is 0 Å². The van der Waals surface area contributed by atoms with Crippen molar-refractivity contribution in [3.05, 3.63) is 0 Å². The highest BCUT2D eigenvalue weighted by molar-refractivity contribution is 4.86. The summed E-state index contributed by atoms with van der Waals surface area (Å²) in [5.74, 6) is 0. The van der Waals surface area contributed by atoms with Crippen LogP contribution < -0.4 is 16.0 Å². The first-order valence-corrected chi connectivity index (χ1v) is 4.91. The summed E-state index contributed by atoms with van der Waals surface area (Å²) in [6, 6.07) is 0. The molecule has 80 valence electrons. The van der Waals surface area contributed by atoms with E-state index in [2.05, 4.69) is 43.6 Å². The topological polar surface area (TPSA) is 36.1 Å². The molecule has 0 spiro atoms. The molecule has 0 unspecified atom stereocenters. The molecule has 13 heavy (non-hydrogen) atoms. The van der Waals surface area contributed by atoms with Crippen LogP contribution in [0.15, 0.2) is 0 Å². The number of hydrogen-bond donors (Lipinski definition) is 3. The predicted octanol–water partition coefficient (Wildman–Crippen LogP) is 0.572. The first-order valence-electron chi connectivity index (χ1n) is 4.91. The van der Waals surface area contributed by atoms with Crippen LogP contribution in [0, 0.1) is 0 Å². The summed E-state index contributed by atoms with van der Waals surface area (Å²) in [5.41, 5.74) is 0.313. The van der Waals surface area contributed by atoms with Crippen molar-refractivity contribution in [2.24, 2.45) is 0 Å². The summed E-state index contributed by atoms with van der Waals surface area (Å²) in [5, 5.41) is 9.98. The summed E-state index contributed by atoms with van der Waals surface area (Å²) in [6.45, 7) is 10.7. The Morgan fingerprint density at radius 2 is 1.38 bits per heavy atom. The van der Waals surface area contributed by atoms with E-state index in [1.54, 1.807) is 0 Å². The first-order chi connectivity index (χ1) is 5.83. The Balaban J connectivity index is 3.86.